The van der Waals surface area contributed by atoms with Crippen LogP contribution in [0.4, 0.5) is 17.3 Å². The molecule has 2 aliphatic heterocycles. The van der Waals surface area contributed by atoms with Gasteiger partial charge in [-0.25, -0.2) is 18.1 Å². The number of hydrogen-bond donors (Lipinski definition) is 2. The van der Waals surface area contributed by atoms with Gasteiger partial charge in [-0.05, 0) is 31.7 Å². The molecule has 11 heteroatoms. The minimum Gasteiger partial charge on any atom is -0.368 e. The van der Waals surface area contributed by atoms with Crippen molar-refractivity contribution in [3.63, 3.8) is 0 Å². The van der Waals surface area contributed by atoms with Gasteiger partial charge in [0.05, 0.1) is 11.1 Å². The van der Waals surface area contributed by atoms with Crippen LogP contribution < -0.4 is 20.5 Å². The van der Waals surface area contributed by atoms with Crippen molar-refractivity contribution in [2.24, 2.45) is 0 Å². The fourth-order valence-electron chi connectivity index (χ4n) is 4.31. The molecular formula is C23H25N7O3S. The Bertz CT molecular complexity index is 1470. The molecule has 34 heavy (non-hydrogen) atoms. The second-order valence-electron chi connectivity index (χ2n) is 8.47. The number of rotatable bonds is 1. The van der Waals surface area contributed by atoms with Gasteiger partial charge in [-0.2, -0.15) is 4.98 Å². The molecule has 0 amide bonds. The fourth-order valence-corrected chi connectivity index (χ4v) is 5.64. The highest BCUT2D eigenvalue weighted by Gasteiger charge is 2.25. The Labute approximate surface area is 197 Å². The number of piperazine rings is 1. The number of pyridine rings is 1. The van der Waals surface area contributed by atoms with Crippen LogP contribution in [-0.2, 0) is 16.6 Å². The van der Waals surface area contributed by atoms with E-state index in [-0.39, 0.29) is 29.5 Å². The lowest BCUT2D eigenvalue weighted by molar-refractivity contribution is 0.312. The molecule has 2 aromatic heterocycles. The molecule has 1 saturated heterocycles. The Morgan fingerprint density at radius 2 is 1.91 bits per heavy atom. The SMILES string of the molecule is C#Cc1cc(=O)n2c3nc(ncc13)Nc1ccc(N3CCN(C)CC3)c(c1)S(=O)(=O)NCCC2. The summed E-state index contributed by atoms with van der Waals surface area (Å²) in [5.74, 6) is 2.77. The molecule has 4 bridgehead atoms. The quantitative estimate of drug-likeness (QED) is 0.496. The Morgan fingerprint density at radius 1 is 1.12 bits per heavy atom. The molecule has 0 saturated carbocycles. The lowest BCUT2D eigenvalue weighted by Gasteiger charge is -2.35. The number of terminal acetylenes is 1. The smallest absolute Gasteiger partial charge is 0.253 e. The van der Waals surface area contributed by atoms with Gasteiger partial charge in [0, 0.05) is 62.8 Å². The Morgan fingerprint density at radius 3 is 2.68 bits per heavy atom. The molecule has 10 nitrogen and oxygen atoms in total. The van der Waals surface area contributed by atoms with Crippen molar-refractivity contribution in [2.45, 2.75) is 17.9 Å². The van der Waals surface area contributed by atoms with Crippen LogP contribution in [0.2, 0.25) is 0 Å². The van der Waals surface area contributed by atoms with Crippen LogP contribution in [-0.4, -0.2) is 67.6 Å². The van der Waals surface area contributed by atoms with E-state index >= 15 is 0 Å². The van der Waals surface area contributed by atoms with Gasteiger partial charge < -0.3 is 15.1 Å². The van der Waals surface area contributed by atoms with Crippen molar-refractivity contribution < 1.29 is 8.42 Å². The monoisotopic (exact) mass is 479 g/mol. The first kappa shape index (κ1) is 22.3. The van der Waals surface area contributed by atoms with Crippen molar-refractivity contribution in [2.75, 3.05) is 50.0 Å². The molecule has 1 fully saturated rings. The standard InChI is InChI=1S/C23H25N7O3S/c1-3-16-13-21(31)30-8-4-7-25-34(32,33)20-14-17(26-23-24-15-18(16)22(30)27-23)5-6-19(20)29-11-9-28(2)10-12-29/h1,5-6,13-15,25H,4,7-12H2,2H3,(H,24,26,27). The fraction of sp³-hybridized carbons (Fsp3) is 0.348. The van der Waals surface area contributed by atoms with Gasteiger partial charge >= 0.3 is 0 Å². The molecule has 0 spiro atoms. The lowest BCUT2D eigenvalue weighted by Crippen LogP contribution is -2.45. The first-order valence-electron chi connectivity index (χ1n) is 11.1. The molecule has 2 N–H and O–H groups in total. The Balaban J connectivity index is 1.62. The Kier molecular flexibility index (Phi) is 5.73. The van der Waals surface area contributed by atoms with Crippen molar-refractivity contribution in [3.8, 4) is 12.3 Å². The summed E-state index contributed by atoms with van der Waals surface area (Å²) in [6.07, 6.45) is 7.58. The summed E-state index contributed by atoms with van der Waals surface area (Å²) in [5.41, 5.74) is 1.73. The second-order valence-corrected chi connectivity index (χ2v) is 10.2. The highest BCUT2D eigenvalue weighted by Crippen LogP contribution is 2.30. The van der Waals surface area contributed by atoms with Crippen molar-refractivity contribution in [3.05, 3.63) is 46.4 Å². The number of anilines is 3. The summed E-state index contributed by atoms with van der Waals surface area (Å²) in [6, 6.07) is 6.61. The van der Waals surface area contributed by atoms with E-state index < -0.39 is 10.0 Å². The Hall–Kier alpha value is -3.46. The number of aryl methyl sites for hydroxylation is 1. The van der Waals surface area contributed by atoms with Gasteiger partial charge in [-0.1, -0.05) is 5.92 Å². The minimum absolute atomic E-state index is 0.172. The van der Waals surface area contributed by atoms with Crippen molar-refractivity contribution in [1.29, 1.82) is 0 Å². The molecule has 1 aromatic carbocycles. The molecule has 2 aliphatic rings. The van der Waals surface area contributed by atoms with Crippen LogP contribution in [0, 0.1) is 12.3 Å². The van der Waals surface area contributed by atoms with E-state index in [0.717, 1.165) is 26.2 Å². The van der Waals surface area contributed by atoms with Gasteiger partial charge in [0.1, 0.15) is 10.5 Å². The summed E-state index contributed by atoms with van der Waals surface area (Å²) >= 11 is 0. The van der Waals surface area contributed by atoms with E-state index in [4.69, 9.17) is 6.42 Å². The lowest BCUT2D eigenvalue weighted by atomic mass is 10.2. The predicted molar refractivity (Wildman–Crippen MR) is 131 cm³/mol. The second kappa shape index (κ2) is 8.72. The summed E-state index contributed by atoms with van der Waals surface area (Å²) in [4.78, 5) is 26.1. The van der Waals surface area contributed by atoms with Gasteiger partial charge in [-0.3, -0.25) is 9.36 Å². The van der Waals surface area contributed by atoms with Crippen LogP contribution in [0.1, 0.15) is 12.0 Å². The topological polar surface area (TPSA) is 112 Å². The maximum absolute atomic E-state index is 13.3. The summed E-state index contributed by atoms with van der Waals surface area (Å²) in [5, 5.41) is 3.68. The van der Waals surface area contributed by atoms with E-state index in [1.807, 2.05) is 12.1 Å². The maximum atomic E-state index is 13.3. The molecule has 176 valence electrons. The van der Waals surface area contributed by atoms with E-state index in [1.165, 1.54) is 10.6 Å². The summed E-state index contributed by atoms with van der Waals surface area (Å²) in [6.45, 7) is 3.64. The third-order valence-electron chi connectivity index (χ3n) is 6.20. The van der Waals surface area contributed by atoms with E-state index in [2.05, 4.69) is 42.8 Å². The van der Waals surface area contributed by atoms with Gasteiger partial charge in [0.15, 0.2) is 0 Å². The van der Waals surface area contributed by atoms with Gasteiger partial charge in [-0.15, -0.1) is 6.42 Å². The number of sulfonamides is 1. The van der Waals surface area contributed by atoms with Crippen LogP contribution in [0.5, 0.6) is 0 Å². The number of fused-ring (bicyclic) bond motifs is 3. The number of nitrogens with zero attached hydrogens (tertiary/aromatic N) is 5. The molecule has 0 radical (unpaired) electrons. The van der Waals surface area contributed by atoms with Crippen LogP contribution in [0.15, 0.2) is 40.2 Å². The average Bonchev–Trinajstić information content (AvgIpc) is 2.83. The summed E-state index contributed by atoms with van der Waals surface area (Å²) < 4.78 is 30.9. The van der Waals surface area contributed by atoms with Crippen molar-refractivity contribution in [1.82, 2.24) is 24.2 Å². The molecule has 0 atom stereocenters. The van der Waals surface area contributed by atoms with Crippen LogP contribution in [0.3, 0.4) is 0 Å². The summed E-state index contributed by atoms with van der Waals surface area (Å²) in [7, 11) is -1.75. The maximum Gasteiger partial charge on any atom is 0.253 e. The number of aromatic nitrogens is 3. The molecule has 3 aromatic rings. The molecule has 5 rings (SSSR count). The average molecular weight is 480 g/mol. The van der Waals surface area contributed by atoms with Crippen molar-refractivity contribution >= 4 is 38.4 Å². The zero-order chi connectivity index (χ0) is 23.9. The number of nitrogens with one attached hydrogen (secondary N) is 2. The van der Waals surface area contributed by atoms with Gasteiger partial charge in [0.25, 0.3) is 5.56 Å². The van der Waals surface area contributed by atoms with E-state index in [9.17, 15) is 13.2 Å². The molecule has 4 heterocycles. The zero-order valence-corrected chi connectivity index (χ0v) is 19.6. The number of benzene rings is 1. The predicted octanol–water partition coefficient (Wildman–Crippen LogP) is 0.950. The molecule has 0 aliphatic carbocycles. The molecular weight excluding hydrogens is 454 g/mol. The van der Waals surface area contributed by atoms with Gasteiger partial charge in [0.2, 0.25) is 16.0 Å². The molecule has 0 unspecified atom stereocenters. The van der Waals surface area contributed by atoms with Crippen LogP contribution >= 0.6 is 0 Å². The highest BCUT2D eigenvalue weighted by molar-refractivity contribution is 7.89. The van der Waals surface area contributed by atoms with E-state index in [1.54, 1.807) is 12.3 Å². The number of likely N-dealkylation sites (N-methyl/N-ethyl adjacent to an activating group) is 1. The first-order valence-corrected chi connectivity index (χ1v) is 12.6. The first-order chi connectivity index (χ1) is 16.4. The third-order valence-corrected chi connectivity index (χ3v) is 7.69. The number of hydrogen-bond acceptors (Lipinski definition) is 8. The zero-order valence-electron chi connectivity index (χ0n) is 18.8. The van der Waals surface area contributed by atoms with E-state index in [0.29, 0.717) is 34.4 Å². The highest BCUT2D eigenvalue weighted by atomic mass is 32.2. The third kappa shape index (κ3) is 4.11. The van der Waals surface area contributed by atoms with Crippen LogP contribution in [0.25, 0.3) is 11.0 Å². The largest absolute Gasteiger partial charge is 0.368 e. The normalized spacial score (nSPS) is 18.4. The minimum atomic E-state index is -3.80.